The monoisotopic (exact) mass is 324 g/mol. The topological polar surface area (TPSA) is 24.1 Å². The highest BCUT2D eigenvalue weighted by molar-refractivity contribution is 9.10. The fourth-order valence-corrected chi connectivity index (χ4v) is 2.48. The van der Waals surface area contributed by atoms with E-state index in [4.69, 9.17) is 11.6 Å². The third-order valence-electron chi connectivity index (χ3n) is 2.53. The van der Waals surface area contributed by atoms with Crippen LogP contribution in [0.15, 0.2) is 46.9 Å². The van der Waals surface area contributed by atoms with E-state index >= 15 is 0 Å². The molecule has 0 radical (unpaired) electrons. The molecule has 2 aromatic rings. The van der Waals surface area contributed by atoms with Gasteiger partial charge in [-0.2, -0.15) is 0 Å². The van der Waals surface area contributed by atoms with Crippen LogP contribution in [0.2, 0.25) is 5.02 Å². The summed E-state index contributed by atoms with van der Waals surface area (Å²) in [5.74, 6) is 0. The predicted octanol–water partition coefficient (Wildman–Crippen LogP) is 4.53. The van der Waals surface area contributed by atoms with Gasteiger partial charge in [0, 0.05) is 16.7 Å². The molecule has 0 aliphatic heterocycles. The molecule has 2 rings (SSSR count). The van der Waals surface area contributed by atoms with Crippen LogP contribution in [-0.4, -0.2) is 0 Å². The van der Waals surface area contributed by atoms with E-state index in [0.29, 0.717) is 6.54 Å². The van der Waals surface area contributed by atoms with Crippen molar-refractivity contribution in [2.75, 3.05) is 5.43 Å². The summed E-state index contributed by atoms with van der Waals surface area (Å²) in [7, 11) is 0. The van der Waals surface area contributed by atoms with Crippen LogP contribution in [0.25, 0.3) is 0 Å². The Morgan fingerprint density at radius 3 is 2.61 bits per heavy atom. The van der Waals surface area contributed by atoms with Gasteiger partial charge in [-0.15, -0.1) is 0 Å². The Morgan fingerprint density at radius 2 is 1.89 bits per heavy atom. The van der Waals surface area contributed by atoms with Crippen LogP contribution >= 0.6 is 27.5 Å². The number of rotatable bonds is 4. The Balaban J connectivity index is 1.99. The van der Waals surface area contributed by atoms with Crippen LogP contribution in [0.1, 0.15) is 11.1 Å². The van der Waals surface area contributed by atoms with Crippen molar-refractivity contribution in [3.05, 3.63) is 63.1 Å². The molecule has 0 fully saturated rings. The van der Waals surface area contributed by atoms with Crippen molar-refractivity contribution in [2.45, 2.75) is 13.5 Å². The fourth-order valence-electron chi connectivity index (χ4n) is 1.69. The van der Waals surface area contributed by atoms with Gasteiger partial charge in [0.15, 0.2) is 0 Å². The Bertz CT molecular complexity index is 529. The molecule has 0 spiro atoms. The van der Waals surface area contributed by atoms with E-state index in [0.717, 1.165) is 20.7 Å². The molecule has 0 unspecified atom stereocenters. The van der Waals surface area contributed by atoms with Gasteiger partial charge in [-0.3, -0.25) is 0 Å². The van der Waals surface area contributed by atoms with Crippen LogP contribution in [-0.2, 0) is 6.54 Å². The second kappa shape index (κ2) is 6.23. The minimum Gasteiger partial charge on any atom is -0.321 e. The minimum atomic E-state index is 0.661. The molecule has 2 N–H and O–H groups in total. The van der Waals surface area contributed by atoms with E-state index in [1.165, 1.54) is 5.56 Å². The molecule has 4 heteroatoms. The minimum absolute atomic E-state index is 0.661. The molecule has 94 valence electrons. The third-order valence-corrected chi connectivity index (χ3v) is 3.83. The standard InChI is InChI=1S/C14H14BrClN2/c1-10-7-11(14(16)13(15)8-10)9-17-18-12-5-3-2-4-6-12/h2-8,17-18H,9H2,1H3. The van der Waals surface area contributed by atoms with Crippen molar-refractivity contribution >= 4 is 33.2 Å². The largest absolute Gasteiger partial charge is 0.321 e. The molecule has 18 heavy (non-hydrogen) atoms. The first kappa shape index (κ1) is 13.4. The van der Waals surface area contributed by atoms with Crippen LogP contribution < -0.4 is 10.9 Å². The van der Waals surface area contributed by atoms with Gasteiger partial charge in [0.2, 0.25) is 0 Å². The number of anilines is 1. The van der Waals surface area contributed by atoms with Gasteiger partial charge in [0.25, 0.3) is 0 Å². The summed E-state index contributed by atoms with van der Waals surface area (Å²) in [6.07, 6.45) is 0. The number of halogens is 2. The first-order valence-corrected chi connectivity index (χ1v) is 6.82. The number of hydrazine groups is 1. The maximum atomic E-state index is 6.23. The van der Waals surface area contributed by atoms with Crippen molar-refractivity contribution in [3.8, 4) is 0 Å². The lowest BCUT2D eigenvalue weighted by molar-refractivity contribution is 0.800. The average Bonchev–Trinajstić information content (AvgIpc) is 2.36. The molecule has 0 aliphatic rings. The molecule has 2 aromatic carbocycles. The van der Waals surface area contributed by atoms with E-state index in [-0.39, 0.29) is 0 Å². The number of hydrogen-bond acceptors (Lipinski definition) is 2. The highest BCUT2D eigenvalue weighted by Crippen LogP contribution is 2.27. The quantitative estimate of drug-likeness (QED) is 0.807. The molecule has 0 atom stereocenters. The SMILES string of the molecule is Cc1cc(Br)c(Cl)c(CNNc2ccccc2)c1. The van der Waals surface area contributed by atoms with Crippen molar-refractivity contribution in [1.29, 1.82) is 0 Å². The molecule has 0 aliphatic carbocycles. The lowest BCUT2D eigenvalue weighted by atomic mass is 10.1. The van der Waals surface area contributed by atoms with E-state index in [9.17, 15) is 0 Å². The second-order valence-electron chi connectivity index (χ2n) is 4.06. The molecule has 0 aromatic heterocycles. The normalized spacial score (nSPS) is 10.4. The number of nitrogens with one attached hydrogen (secondary N) is 2. The zero-order valence-electron chi connectivity index (χ0n) is 10.0. The lowest BCUT2D eigenvalue weighted by Crippen LogP contribution is -2.21. The Morgan fingerprint density at radius 1 is 1.17 bits per heavy atom. The van der Waals surface area contributed by atoms with Gasteiger partial charge >= 0.3 is 0 Å². The summed E-state index contributed by atoms with van der Waals surface area (Å²) in [6.45, 7) is 2.71. The van der Waals surface area contributed by atoms with Crippen LogP contribution in [0.5, 0.6) is 0 Å². The molecule has 0 heterocycles. The summed E-state index contributed by atoms with van der Waals surface area (Å²) in [5, 5.41) is 0.753. The number of benzene rings is 2. The molecule has 0 saturated heterocycles. The summed E-state index contributed by atoms with van der Waals surface area (Å²) < 4.78 is 0.931. The summed E-state index contributed by atoms with van der Waals surface area (Å²) >= 11 is 9.69. The van der Waals surface area contributed by atoms with Crippen LogP contribution in [0.3, 0.4) is 0 Å². The smallest absolute Gasteiger partial charge is 0.0593 e. The highest BCUT2D eigenvalue weighted by Gasteiger charge is 2.05. The first-order chi connectivity index (χ1) is 8.66. The van der Waals surface area contributed by atoms with E-state index in [2.05, 4.69) is 39.8 Å². The predicted molar refractivity (Wildman–Crippen MR) is 80.8 cm³/mol. The summed E-state index contributed by atoms with van der Waals surface area (Å²) in [5.41, 5.74) is 9.57. The maximum Gasteiger partial charge on any atom is 0.0593 e. The van der Waals surface area contributed by atoms with Crippen LogP contribution in [0, 0.1) is 6.92 Å². The Kier molecular flexibility index (Phi) is 4.64. The molecule has 2 nitrogen and oxygen atoms in total. The maximum absolute atomic E-state index is 6.23. The Hall–Kier alpha value is -1.03. The highest BCUT2D eigenvalue weighted by atomic mass is 79.9. The zero-order valence-corrected chi connectivity index (χ0v) is 12.3. The van der Waals surface area contributed by atoms with Gasteiger partial charge in [0.1, 0.15) is 0 Å². The molecular formula is C14H14BrClN2. The first-order valence-electron chi connectivity index (χ1n) is 5.65. The zero-order chi connectivity index (χ0) is 13.0. The number of aryl methyl sites for hydroxylation is 1. The van der Waals surface area contributed by atoms with Crippen LogP contribution in [0.4, 0.5) is 5.69 Å². The van der Waals surface area contributed by atoms with E-state index in [1.54, 1.807) is 0 Å². The average molecular weight is 326 g/mol. The summed E-state index contributed by atoms with van der Waals surface area (Å²) in [6, 6.07) is 14.0. The van der Waals surface area contributed by atoms with Gasteiger partial charge in [-0.25, -0.2) is 5.43 Å². The Labute approximate surface area is 120 Å². The van der Waals surface area contributed by atoms with Crippen molar-refractivity contribution < 1.29 is 0 Å². The second-order valence-corrected chi connectivity index (χ2v) is 5.30. The molecule has 0 amide bonds. The van der Waals surface area contributed by atoms with Gasteiger partial charge in [-0.05, 0) is 52.2 Å². The third kappa shape index (κ3) is 3.48. The van der Waals surface area contributed by atoms with Crippen molar-refractivity contribution in [2.24, 2.45) is 0 Å². The van der Waals surface area contributed by atoms with E-state index < -0.39 is 0 Å². The van der Waals surface area contributed by atoms with Gasteiger partial charge < -0.3 is 5.43 Å². The molecule has 0 saturated carbocycles. The lowest BCUT2D eigenvalue weighted by Gasteiger charge is -2.11. The summed E-state index contributed by atoms with van der Waals surface area (Å²) in [4.78, 5) is 0. The fraction of sp³-hybridized carbons (Fsp3) is 0.143. The van der Waals surface area contributed by atoms with Crippen molar-refractivity contribution in [3.63, 3.8) is 0 Å². The number of para-hydroxylation sites is 1. The molecular weight excluding hydrogens is 312 g/mol. The van der Waals surface area contributed by atoms with Crippen molar-refractivity contribution in [1.82, 2.24) is 5.43 Å². The molecule has 0 bridgehead atoms. The van der Waals surface area contributed by atoms with Gasteiger partial charge in [0.05, 0.1) is 5.02 Å². The van der Waals surface area contributed by atoms with E-state index in [1.807, 2.05) is 36.4 Å². The number of hydrogen-bond donors (Lipinski definition) is 2. The van der Waals surface area contributed by atoms with Gasteiger partial charge in [-0.1, -0.05) is 35.9 Å².